The van der Waals surface area contributed by atoms with Crippen LogP contribution in [-0.2, 0) is 25.5 Å². The number of ketones is 2. The molecule has 2 aliphatic heterocycles. The first-order valence-electron chi connectivity index (χ1n) is 11.0. The fourth-order valence-corrected chi connectivity index (χ4v) is 6.32. The highest BCUT2D eigenvalue weighted by atomic mass is 16.6. The molecule has 1 unspecified atom stereocenters. The van der Waals surface area contributed by atoms with Crippen LogP contribution in [0.2, 0.25) is 0 Å². The number of phenols is 1. The molecule has 2 saturated heterocycles. The number of aliphatic hydroxyl groups excluding tert-OH is 1. The molecule has 1 amide bonds. The number of ether oxygens (including phenoxy) is 2. The maximum atomic E-state index is 13.6. The molecule has 4 N–H and O–H groups in total. The molecule has 6 rings (SSSR count). The van der Waals surface area contributed by atoms with E-state index in [9.17, 15) is 24.6 Å². The van der Waals surface area contributed by atoms with Crippen molar-refractivity contribution in [2.75, 3.05) is 13.2 Å². The van der Waals surface area contributed by atoms with Gasteiger partial charge in [-0.05, 0) is 54.7 Å². The van der Waals surface area contributed by atoms with Crippen molar-refractivity contribution in [2.24, 2.45) is 17.6 Å². The van der Waals surface area contributed by atoms with Gasteiger partial charge in [-0.15, -0.1) is 0 Å². The van der Waals surface area contributed by atoms with Crippen molar-refractivity contribution in [2.45, 2.75) is 43.6 Å². The Morgan fingerprint density at radius 2 is 1.84 bits per heavy atom. The van der Waals surface area contributed by atoms with Gasteiger partial charge in [0.2, 0.25) is 5.60 Å². The lowest BCUT2D eigenvalue weighted by Gasteiger charge is -2.37. The first-order valence-corrected chi connectivity index (χ1v) is 11.0. The maximum absolute atomic E-state index is 13.6. The zero-order valence-corrected chi connectivity index (χ0v) is 17.3. The van der Waals surface area contributed by atoms with Crippen molar-refractivity contribution in [3.05, 3.63) is 51.5 Å². The van der Waals surface area contributed by atoms with Gasteiger partial charge in [0.1, 0.15) is 11.3 Å². The number of aromatic hydroxyl groups is 1. The molecular formula is C24H23NO7. The van der Waals surface area contributed by atoms with E-state index < -0.39 is 28.6 Å². The van der Waals surface area contributed by atoms with Gasteiger partial charge in [0.25, 0.3) is 5.91 Å². The predicted molar refractivity (Wildman–Crippen MR) is 110 cm³/mol. The quantitative estimate of drug-likeness (QED) is 0.475. The molecule has 3 atom stereocenters. The Balaban J connectivity index is 1.48. The van der Waals surface area contributed by atoms with Crippen molar-refractivity contribution >= 4 is 17.5 Å². The Labute approximate surface area is 183 Å². The Bertz CT molecular complexity index is 1170. The summed E-state index contributed by atoms with van der Waals surface area (Å²) in [5.74, 6) is -2.31. The summed E-state index contributed by atoms with van der Waals surface area (Å²) < 4.78 is 11.3. The third-order valence-corrected chi connectivity index (χ3v) is 7.81. The van der Waals surface area contributed by atoms with Gasteiger partial charge < -0.3 is 25.4 Å². The molecule has 8 nitrogen and oxygen atoms in total. The van der Waals surface area contributed by atoms with Crippen LogP contribution >= 0.6 is 0 Å². The van der Waals surface area contributed by atoms with Crippen molar-refractivity contribution in [1.82, 2.24) is 0 Å². The van der Waals surface area contributed by atoms with E-state index in [-0.39, 0.29) is 35.7 Å². The number of Topliss-reactive ketones (excluding diaryl/α,β-unsaturated/α-hetero) is 2. The molecule has 1 aromatic rings. The predicted octanol–water partition coefficient (Wildman–Crippen LogP) is 1.95. The van der Waals surface area contributed by atoms with Crippen LogP contribution < -0.4 is 5.73 Å². The molecular weight excluding hydrogens is 414 g/mol. The molecule has 0 bridgehead atoms. The normalized spacial score (nSPS) is 31.4. The second-order valence-electron chi connectivity index (χ2n) is 9.37. The van der Waals surface area contributed by atoms with Gasteiger partial charge in [-0.2, -0.15) is 0 Å². The second kappa shape index (κ2) is 6.45. The first-order chi connectivity index (χ1) is 15.3. The summed E-state index contributed by atoms with van der Waals surface area (Å²) in [5.41, 5.74) is 6.23. The molecule has 1 spiro atoms. The molecule has 2 heterocycles. The molecule has 0 saturated carbocycles. The molecule has 3 aliphatic carbocycles. The summed E-state index contributed by atoms with van der Waals surface area (Å²) in [4.78, 5) is 37.9. The van der Waals surface area contributed by atoms with Crippen LogP contribution in [-0.4, -0.2) is 46.5 Å². The van der Waals surface area contributed by atoms with E-state index in [1.807, 2.05) is 6.07 Å². The van der Waals surface area contributed by atoms with E-state index in [1.54, 1.807) is 6.07 Å². The van der Waals surface area contributed by atoms with Crippen molar-refractivity contribution in [3.63, 3.8) is 0 Å². The SMILES string of the molecule is NC(=O)C1=C(O)[C@@]23OC2=C2C(=O)c4c(O)ccc(C5CCOCC5)c4CC2C[C@H]3CC1=O. The van der Waals surface area contributed by atoms with Crippen LogP contribution in [0.5, 0.6) is 5.75 Å². The molecule has 166 valence electrons. The standard InChI is InChI=1S/C24H23NO7/c25-23(30)19-16(27)9-12-7-11-8-14-13(10-3-5-31-6-4-10)1-2-15(26)18(14)20(28)17(11)22-24(12,32-22)21(19)29/h1-2,10-12,26,29H,3-9H2,(H2,25,30)/t11?,12-,24+/m0/s1. The second-order valence-corrected chi connectivity index (χ2v) is 9.37. The molecule has 1 aromatic carbocycles. The smallest absolute Gasteiger partial charge is 0.255 e. The average Bonchev–Trinajstić information content (AvgIpc) is 3.50. The zero-order valence-electron chi connectivity index (χ0n) is 17.3. The number of carbonyl (C=O) groups excluding carboxylic acids is 3. The Hall–Kier alpha value is -3.13. The number of fused-ring (bicyclic) bond motifs is 2. The number of benzene rings is 1. The summed E-state index contributed by atoms with van der Waals surface area (Å²) in [6.45, 7) is 1.34. The molecule has 0 radical (unpaired) electrons. The van der Waals surface area contributed by atoms with Gasteiger partial charge in [-0.3, -0.25) is 14.4 Å². The van der Waals surface area contributed by atoms with Gasteiger partial charge in [-0.1, -0.05) is 6.07 Å². The van der Waals surface area contributed by atoms with Gasteiger partial charge in [0.15, 0.2) is 23.1 Å². The number of primary amides is 1. The third kappa shape index (κ3) is 2.38. The number of aliphatic hydroxyl groups is 1. The fraction of sp³-hybridized carbons (Fsp3) is 0.458. The number of nitrogens with two attached hydrogens (primary N) is 1. The Morgan fingerprint density at radius 3 is 2.56 bits per heavy atom. The summed E-state index contributed by atoms with van der Waals surface area (Å²) >= 11 is 0. The topological polar surface area (TPSA) is 139 Å². The van der Waals surface area contributed by atoms with Crippen molar-refractivity contribution in [1.29, 1.82) is 0 Å². The monoisotopic (exact) mass is 437 g/mol. The Morgan fingerprint density at radius 1 is 1.09 bits per heavy atom. The first kappa shape index (κ1) is 19.5. The summed E-state index contributed by atoms with van der Waals surface area (Å²) in [6.07, 6.45) is 2.78. The number of amides is 1. The summed E-state index contributed by atoms with van der Waals surface area (Å²) in [5, 5.41) is 21.4. The minimum Gasteiger partial charge on any atom is -0.507 e. The third-order valence-electron chi connectivity index (χ3n) is 7.81. The van der Waals surface area contributed by atoms with Crippen LogP contribution in [0.3, 0.4) is 0 Å². The molecule has 0 aromatic heterocycles. The lowest BCUT2D eigenvalue weighted by molar-refractivity contribution is -0.123. The van der Waals surface area contributed by atoms with E-state index in [0.29, 0.717) is 43.0 Å². The number of carbonyl (C=O) groups is 3. The summed E-state index contributed by atoms with van der Waals surface area (Å²) in [6, 6.07) is 3.48. The van der Waals surface area contributed by atoms with E-state index >= 15 is 0 Å². The lowest BCUT2D eigenvalue weighted by atomic mass is 9.63. The van der Waals surface area contributed by atoms with Gasteiger partial charge >= 0.3 is 0 Å². The minimum absolute atomic E-state index is 0.0313. The van der Waals surface area contributed by atoms with E-state index in [0.717, 1.165) is 24.0 Å². The molecule has 32 heavy (non-hydrogen) atoms. The maximum Gasteiger partial charge on any atom is 0.255 e. The fourth-order valence-electron chi connectivity index (χ4n) is 6.32. The minimum atomic E-state index is -1.31. The number of phenolic OH excluding ortho intramolecular Hbond substituents is 1. The van der Waals surface area contributed by atoms with Crippen molar-refractivity contribution in [3.8, 4) is 5.75 Å². The van der Waals surface area contributed by atoms with Crippen molar-refractivity contribution < 1.29 is 34.1 Å². The van der Waals surface area contributed by atoms with E-state index in [4.69, 9.17) is 15.2 Å². The largest absolute Gasteiger partial charge is 0.507 e. The van der Waals surface area contributed by atoms with Crippen LogP contribution in [0.4, 0.5) is 0 Å². The number of hydrogen-bond donors (Lipinski definition) is 3. The lowest BCUT2D eigenvalue weighted by Crippen LogP contribution is -2.43. The number of allylic oxidation sites excluding steroid dienone is 1. The van der Waals surface area contributed by atoms with E-state index in [2.05, 4.69) is 0 Å². The van der Waals surface area contributed by atoms with Gasteiger partial charge in [0.05, 0.1) is 5.56 Å². The highest BCUT2D eigenvalue weighted by Crippen LogP contribution is 2.64. The Kier molecular flexibility index (Phi) is 3.94. The number of epoxide rings is 1. The van der Waals surface area contributed by atoms with Gasteiger partial charge in [-0.25, -0.2) is 0 Å². The van der Waals surface area contributed by atoms with E-state index in [1.165, 1.54) is 0 Å². The van der Waals surface area contributed by atoms with Crippen LogP contribution in [0.15, 0.2) is 34.8 Å². The summed E-state index contributed by atoms with van der Waals surface area (Å²) in [7, 11) is 0. The molecule has 5 aliphatic rings. The average molecular weight is 437 g/mol. The molecule has 8 heteroatoms. The van der Waals surface area contributed by atoms with Crippen LogP contribution in [0.1, 0.15) is 53.1 Å². The van der Waals surface area contributed by atoms with Crippen LogP contribution in [0.25, 0.3) is 0 Å². The highest BCUT2D eigenvalue weighted by Gasteiger charge is 2.71. The van der Waals surface area contributed by atoms with Crippen LogP contribution in [0, 0.1) is 11.8 Å². The van der Waals surface area contributed by atoms with Gasteiger partial charge in [0, 0.05) is 31.1 Å². The number of rotatable bonds is 2. The highest BCUT2D eigenvalue weighted by molar-refractivity contribution is 6.21. The number of hydrogen-bond acceptors (Lipinski definition) is 7. The molecule has 2 fully saturated rings. The zero-order chi connectivity index (χ0) is 22.4.